The van der Waals surface area contributed by atoms with Crippen molar-refractivity contribution in [3.05, 3.63) is 108 Å². The molecule has 0 bridgehead atoms. The van der Waals surface area contributed by atoms with Gasteiger partial charge in [0.2, 0.25) is 5.71 Å². The average molecular weight is 772 g/mol. The van der Waals surface area contributed by atoms with E-state index in [1.807, 2.05) is 12.1 Å². The van der Waals surface area contributed by atoms with Gasteiger partial charge in [0.1, 0.15) is 0 Å². The number of fused-ring (bicyclic) bond motifs is 3. The molecule has 4 heterocycles. The molecule has 0 atom stereocenters. The van der Waals surface area contributed by atoms with Crippen molar-refractivity contribution in [2.75, 3.05) is 0 Å². The Kier molecular flexibility index (Phi) is 7.30. The normalized spacial score (nSPS) is 14.3. The molecule has 4 aromatic heterocycles. The molecule has 0 fully saturated rings. The van der Waals surface area contributed by atoms with Crippen LogP contribution in [0.3, 0.4) is 0 Å². The van der Waals surface area contributed by atoms with Crippen molar-refractivity contribution in [2.24, 2.45) is 0 Å². The van der Waals surface area contributed by atoms with Crippen molar-refractivity contribution in [1.82, 2.24) is 15.0 Å². The smallest absolute Gasteiger partial charge is 0.216 e. The van der Waals surface area contributed by atoms with E-state index in [1.165, 1.54) is 18.2 Å². The fourth-order valence-corrected chi connectivity index (χ4v) is 5.96. The summed E-state index contributed by atoms with van der Waals surface area (Å²) in [6.45, 7) is 8.26. The largest absolute Gasteiger partial charge is 0.486 e. The number of hydrogen-bond donors (Lipinski definition) is 0. The molecule has 2 aromatic carbocycles. The topological polar surface area (TPSA) is 51.8 Å². The van der Waals surface area contributed by atoms with E-state index in [4.69, 9.17) is 12.6 Å². The minimum atomic E-state index is -2.22. The van der Waals surface area contributed by atoms with Gasteiger partial charge >= 0.3 is 0 Å². The zero-order valence-electron chi connectivity index (χ0n) is 30.9. The van der Waals surface area contributed by atoms with Gasteiger partial charge in [-0.1, -0.05) is 70.5 Å². The van der Waals surface area contributed by atoms with Crippen LogP contribution in [0.4, 0.5) is 4.39 Å². The maximum atomic E-state index is 14.4. The molecule has 0 spiro atoms. The molecule has 6 aromatic rings. The van der Waals surface area contributed by atoms with Gasteiger partial charge in [0.25, 0.3) is 0 Å². The number of halogens is 1. The van der Waals surface area contributed by atoms with Crippen molar-refractivity contribution in [1.29, 1.82) is 0 Å². The fraction of sp³-hybridized carbons (Fsp3) is 0.250. The van der Waals surface area contributed by atoms with Crippen molar-refractivity contribution >= 4 is 35.3 Å². The standard InChI is InChI=1S/C20H16FN2O.C16H20NSi.Ir/c1-20(2,3)12-8-10-22-16(11-12)13-6-7-15(21)17-14-5-4-9-23-19(14)24-18(13)17;1-12-6-8-14(9-7-12)15-10-13(2)16(11-17-15)18(3,4)5;/h4-5,7-11H,1-3H3;6-8,10-11H,1-5H3;/q2*-1;/i;1D3,2D3;. The Morgan fingerprint density at radius 1 is 0.907 bits per heavy atom. The van der Waals surface area contributed by atoms with Crippen molar-refractivity contribution in [3.8, 4) is 22.5 Å². The molecule has 0 N–H and O–H groups in total. The molecule has 7 heteroatoms. The first-order valence-electron chi connectivity index (χ1n) is 16.6. The Morgan fingerprint density at radius 2 is 1.72 bits per heavy atom. The molecule has 43 heavy (non-hydrogen) atoms. The van der Waals surface area contributed by atoms with Crippen LogP contribution >= 0.6 is 0 Å². The fourth-order valence-electron chi connectivity index (χ4n) is 4.63. The molecule has 0 saturated heterocycles. The first kappa shape index (κ1) is 24.9. The molecule has 1 radical (unpaired) electrons. The number of aryl methyl sites for hydroxylation is 2. The number of hydrogen-bond acceptors (Lipinski definition) is 4. The van der Waals surface area contributed by atoms with E-state index in [0.717, 1.165) is 10.8 Å². The molecule has 6 rings (SSSR count). The van der Waals surface area contributed by atoms with Crippen LogP contribution in [0.2, 0.25) is 19.6 Å². The van der Waals surface area contributed by atoms with E-state index >= 15 is 0 Å². The SMILES string of the molecule is CC(C)(C)c1ccnc(-c2[c-]cc(F)c3c2oc2ncccc23)c1.[2H]C([2H])([2H])c1c[c-]c(-c2cc(C([2H])([2H])[2H])c([Si](C)(C)C)cn2)cc1.[Ir]. The van der Waals surface area contributed by atoms with E-state index in [-0.39, 0.29) is 36.9 Å². The molecule has 223 valence electrons. The molecule has 0 aliphatic carbocycles. The molecule has 0 saturated carbocycles. The van der Waals surface area contributed by atoms with E-state index in [9.17, 15) is 4.39 Å². The van der Waals surface area contributed by atoms with Gasteiger partial charge in [-0.2, -0.15) is 0 Å². The number of furan rings is 1. The maximum absolute atomic E-state index is 14.4. The van der Waals surface area contributed by atoms with E-state index < -0.39 is 21.8 Å². The second kappa shape index (κ2) is 12.6. The molecule has 0 unspecified atom stereocenters. The van der Waals surface area contributed by atoms with Crippen LogP contribution in [0.5, 0.6) is 0 Å². The van der Waals surface area contributed by atoms with Crippen LogP contribution in [-0.4, -0.2) is 23.0 Å². The summed E-state index contributed by atoms with van der Waals surface area (Å²) in [6.07, 6.45) is 5.04. The monoisotopic (exact) mass is 772 g/mol. The average Bonchev–Trinajstić information content (AvgIpc) is 3.40. The zero-order chi connectivity index (χ0) is 35.2. The molecule has 0 amide bonds. The van der Waals surface area contributed by atoms with E-state index in [0.29, 0.717) is 50.1 Å². The summed E-state index contributed by atoms with van der Waals surface area (Å²) in [7, 11) is -1.85. The van der Waals surface area contributed by atoms with Gasteiger partial charge in [0, 0.05) is 58.1 Å². The zero-order valence-corrected chi connectivity index (χ0v) is 28.3. The first-order valence-corrected chi connectivity index (χ1v) is 17.1. The molecular weight excluding hydrogens is 730 g/mol. The minimum absolute atomic E-state index is 0. The Balaban J connectivity index is 0.000000216. The van der Waals surface area contributed by atoms with Crippen LogP contribution < -0.4 is 5.19 Å². The van der Waals surface area contributed by atoms with E-state index in [1.54, 1.807) is 42.9 Å². The second-order valence-corrected chi connectivity index (χ2v) is 17.2. The van der Waals surface area contributed by atoms with Crippen molar-refractivity contribution in [2.45, 2.75) is 59.5 Å². The summed E-state index contributed by atoms with van der Waals surface area (Å²) < 4.78 is 65.8. The number of pyridine rings is 3. The quantitative estimate of drug-likeness (QED) is 0.133. The third-order valence-corrected chi connectivity index (χ3v) is 8.97. The van der Waals surface area contributed by atoms with Gasteiger partial charge in [-0.25, -0.2) is 4.98 Å². The Hall–Kier alpha value is -3.51. The van der Waals surface area contributed by atoms with Crippen LogP contribution in [0.15, 0.2) is 77.6 Å². The maximum Gasteiger partial charge on any atom is 0.216 e. The van der Waals surface area contributed by atoms with Crippen LogP contribution in [0.1, 0.15) is 45.7 Å². The third-order valence-electron chi connectivity index (χ3n) is 6.96. The van der Waals surface area contributed by atoms with Crippen molar-refractivity contribution in [3.63, 3.8) is 0 Å². The Labute approximate surface area is 276 Å². The van der Waals surface area contributed by atoms with Gasteiger partial charge in [-0.05, 0) is 58.0 Å². The summed E-state index contributed by atoms with van der Waals surface area (Å²) in [4.78, 5) is 13.0. The molecule has 0 aliphatic rings. The molecular formula is C36H36FIrN3OSi-2. The van der Waals surface area contributed by atoms with Gasteiger partial charge in [0.05, 0.1) is 13.7 Å². The second-order valence-electron chi connectivity index (χ2n) is 12.2. The summed E-state index contributed by atoms with van der Waals surface area (Å²) in [5.74, 6) is -0.368. The van der Waals surface area contributed by atoms with Crippen molar-refractivity contribution < 1.29 is 37.1 Å². The predicted molar refractivity (Wildman–Crippen MR) is 173 cm³/mol. The summed E-state index contributed by atoms with van der Waals surface area (Å²) in [6, 6.07) is 20.9. The summed E-state index contributed by atoms with van der Waals surface area (Å²) >= 11 is 0. The van der Waals surface area contributed by atoms with Gasteiger partial charge < -0.3 is 14.4 Å². The van der Waals surface area contributed by atoms with Gasteiger partial charge in [0.15, 0.2) is 0 Å². The van der Waals surface area contributed by atoms with E-state index in [2.05, 4.69) is 67.5 Å². The first-order chi connectivity index (χ1) is 22.2. The van der Waals surface area contributed by atoms with Crippen LogP contribution in [0, 0.1) is 31.7 Å². The summed E-state index contributed by atoms with van der Waals surface area (Å²) in [5.41, 5.74) is 4.93. The third kappa shape index (κ3) is 7.01. The number of nitrogens with zero attached hydrogens (tertiary/aromatic N) is 3. The minimum Gasteiger partial charge on any atom is -0.486 e. The number of rotatable bonds is 3. The predicted octanol–water partition coefficient (Wildman–Crippen LogP) is 8.99. The Morgan fingerprint density at radius 3 is 2.40 bits per heavy atom. The Bertz CT molecular complexity index is 2100. The number of aromatic nitrogens is 3. The summed E-state index contributed by atoms with van der Waals surface area (Å²) in [5, 5.41) is 1.90. The van der Waals surface area contributed by atoms with Gasteiger partial charge in [-0.3, -0.25) is 4.39 Å². The van der Waals surface area contributed by atoms with Crippen LogP contribution in [0.25, 0.3) is 44.6 Å². The number of benzene rings is 2. The molecule has 0 aliphatic heterocycles. The van der Waals surface area contributed by atoms with Gasteiger partial charge in [-0.15, -0.1) is 47.5 Å². The molecule has 4 nitrogen and oxygen atoms in total. The van der Waals surface area contributed by atoms with Crippen LogP contribution in [-0.2, 0) is 25.5 Å².